The second kappa shape index (κ2) is 6.58. The fourth-order valence-electron chi connectivity index (χ4n) is 2.50. The summed E-state index contributed by atoms with van der Waals surface area (Å²) in [6.07, 6.45) is 2.59. The molecule has 0 saturated carbocycles. The number of fused-ring (bicyclic) bond motifs is 1. The quantitative estimate of drug-likeness (QED) is 0.747. The molecule has 0 saturated heterocycles. The van der Waals surface area contributed by atoms with Gasteiger partial charge in [0.05, 0.1) is 0 Å². The highest BCUT2D eigenvalue weighted by atomic mass is 79.9. The van der Waals surface area contributed by atoms with Gasteiger partial charge in [-0.3, -0.25) is 4.90 Å². The first-order valence-corrected chi connectivity index (χ1v) is 7.89. The van der Waals surface area contributed by atoms with Gasteiger partial charge in [0, 0.05) is 18.3 Å². The zero-order valence-electron chi connectivity index (χ0n) is 11.3. The fraction of sp³-hybridized carbons (Fsp3) is 0.600. The molecule has 1 atom stereocenters. The molecule has 1 aliphatic rings. The van der Waals surface area contributed by atoms with Crippen molar-refractivity contribution in [2.24, 2.45) is 0 Å². The first kappa shape index (κ1) is 13.9. The Kier molecular flexibility index (Phi) is 5.07. The van der Waals surface area contributed by atoms with Gasteiger partial charge in [-0.25, -0.2) is 0 Å². The van der Waals surface area contributed by atoms with Crippen LogP contribution >= 0.6 is 15.9 Å². The lowest BCUT2D eigenvalue weighted by Crippen LogP contribution is -2.35. The number of likely N-dealkylation sites (N-methyl/N-ethyl adjacent to an activating group) is 1. The zero-order valence-corrected chi connectivity index (χ0v) is 12.9. The van der Waals surface area contributed by atoms with E-state index in [-0.39, 0.29) is 0 Å². The Hall–Kier alpha value is -0.540. The van der Waals surface area contributed by atoms with Crippen molar-refractivity contribution in [1.82, 2.24) is 4.90 Å². The van der Waals surface area contributed by atoms with E-state index in [1.165, 1.54) is 17.5 Å². The van der Waals surface area contributed by atoms with E-state index in [4.69, 9.17) is 4.74 Å². The van der Waals surface area contributed by atoms with Gasteiger partial charge in [-0.15, -0.1) is 0 Å². The maximum Gasteiger partial charge on any atom is 0.123 e. The van der Waals surface area contributed by atoms with Crippen LogP contribution in [0.5, 0.6) is 5.75 Å². The minimum Gasteiger partial charge on any atom is -0.488 e. The van der Waals surface area contributed by atoms with Crippen LogP contribution in [0, 0.1) is 6.92 Å². The Morgan fingerprint density at radius 2 is 2.28 bits per heavy atom. The monoisotopic (exact) mass is 311 g/mol. The zero-order chi connectivity index (χ0) is 13.0. The third kappa shape index (κ3) is 3.48. The summed E-state index contributed by atoms with van der Waals surface area (Å²) in [4.78, 5) is 2.48. The van der Waals surface area contributed by atoms with E-state index in [9.17, 15) is 0 Å². The van der Waals surface area contributed by atoms with E-state index in [0.717, 1.165) is 37.1 Å². The fourth-order valence-corrected chi connectivity index (χ4v) is 2.75. The molecule has 0 spiro atoms. The summed E-state index contributed by atoms with van der Waals surface area (Å²) in [5.74, 6) is 1.09. The maximum absolute atomic E-state index is 6.02. The Balaban J connectivity index is 1.90. The average Bonchev–Trinajstić information content (AvgIpc) is 2.75. The number of halogens is 1. The lowest BCUT2D eigenvalue weighted by atomic mass is 10.1. The van der Waals surface area contributed by atoms with Crippen molar-refractivity contribution >= 4 is 15.9 Å². The van der Waals surface area contributed by atoms with Gasteiger partial charge in [0.1, 0.15) is 11.9 Å². The number of aryl methyl sites for hydroxylation is 1. The first-order chi connectivity index (χ1) is 8.72. The molecule has 1 aliphatic heterocycles. The third-order valence-corrected chi connectivity index (χ3v) is 4.03. The van der Waals surface area contributed by atoms with E-state index in [2.05, 4.69) is 52.9 Å². The number of hydrogen-bond acceptors (Lipinski definition) is 2. The van der Waals surface area contributed by atoms with Crippen molar-refractivity contribution in [3.63, 3.8) is 0 Å². The SMILES string of the molecule is CCN(CCCBr)CC1Cc2cc(C)ccc2O1. The average molecular weight is 312 g/mol. The molecule has 0 radical (unpaired) electrons. The van der Waals surface area contributed by atoms with Crippen LogP contribution in [0.4, 0.5) is 0 Å². The molecule has 0 bridgehead atoms. The summed E-state index contributed by atoms with van der Waals surface area (Å²) in [5, 5.41) is 1.08. The van der Waals surface area contributed by atoms with Crippen LogP contribution in [0.15, 0.2) is 18.2 Å². The predicted molar refractivity (Wildman–Crippen MR) is 79.8 cm³/mol. The summed E-state index contributed by atoms with van der Waals surface area (Å²) >= 11 is 3.49. The molecule has 0 amide bonds. The van der Waals surface area contributed by atoms with Crippen molar-refractivity contribution in [2.45, 2.75) is 32.8 Å². The van der Waals surface area contributed by atoms with Crippen molar-refractivity contribution in [3.8, 4) is 5.75 Å². The Bertz CT molecular complexity index is 394. The molecule has 100 valence electrons. The Labute approximate surface area is 118 Å². The number of hydrogen-bond donors (Lipinski definition) is 0. The van der Waals surface area contributed by atoms with Crippen LogP contribution in [0.25, 0.3) is 0 Å². The minimum atomic E-state index is 0.331. The summed E-state index contributed by atoms with van der Waals surface area (Å²) < 4.78 is 6.02. The smallest absolute Gasteiger partial charge is 0.123 e. The van der Waals surface area contributed by atoms with E-state index in [1.54, 1.807) is 0 Å². The lowest BCUT2D eigenvalue weighted by Gasteiger charge is -2.23. The van der Waals surface area contributed by atoms with Crippen LogP contribution in [0.1, 0.15) is 24.5 Å². The number of nitrogens with zero attached hydrogens (tertiary/aromatic N) is 1. The molecule has 0 aromatic heterocycles. The van der Waals surface area contributed by atoms with Crippen LogP contribution in [-0.4, -0.2) is 36.0 Å². The third-order valence-electron chi connectivity index (χ3n) is 3.47. The largest absolute Gasteiger partial charge is 0.488 e. The van der Waals surface area contributed by atoms with Gasteiger partial charge in [0.2, 0.25) is 0 Å². The predicted octanol–water partition coefficient (Wildman–Crippen LogP) is 3.41. The number of benzene rings is 1. The molecule has 1 aromatic carbocycles. The molecule has 1 aromatic rings. The molecular formula is C15H22BrNO. The van der Waals surface area contributed by atoms with Crippen molar-refractivity contribution < 1.29 is 4.74 Å². The highest BCUT2D eigenvalue weighted by Gasteiger charge is 2.24. The van der Waals surface area contributed by atoms with Gasteiger partial charge in [0.15, 0.2) is 0 Å². The highest BCUT2D eigenvalue weighted by molar-refractivity contribution is 9.09. The molecule has 0 N–H and O–H groups in total. The second-order valence-corrected chi connectivity index (χ2v) is 5.78. The summed E-state index contributed by atoms with van der Waals surface area (Å²) in [6, 6.07) is 6.49. The van der Waals surface area contributed by atoms with Crippen molar-refractivity contribution in [2.75, 3.05) is 25.0 Å². The molecule has 0 aliphatic carbocycles. The van der Waals surface area contributed by atoms with E-state index in [1.807, 2.05) is 0 Å². The van der Waals surface area contributed by atoms with E-state index < -0.39 is 0 Å². The maximum atomic E-state index is 6.02. The molecule has 0 fully saturated rings. The molecular weight excluding hydrogens is 290 g/mol. The molecule has 18 heavy (non-hydrogen) atoms. The number of alkyl halides is 1. The molecule has 2 rings (SSSR count). The van der Waals surface area contributed by atoms with E-state index in [0.29, 0.717) is 6.10 Å². The minimum absolute atomic E-state index is 0.331. The van der Waals surface area contributed by atoms with Gasteiger partial charge in [-0.1, -0.05) is 40.5 Å². The molecule has 1 heterocycles. The van der Waals surface area contributed by atoms with Gasteiger partial charge >= 0.3 is 0 Å². The van der Waals surface area contributed by atoms with E-state index >= 15 is 0 Å². The highest BCUT2D eigenvalue weighted by Crippen LogP contribution is 2.29. The van der Waals surface area contributed by atoms with Crippen LogP contribution in [0.3, 0.4) is 0 Å². The van der Waals surface area contributed by atoms with Crippen LogP contribution in [-0.2, 0) is 6.42 Å². The Morgan fingerprint density at radius 3 is 3.00 bits per heavy atom. The number of rotatable bonds is 6. The standard InChI is InChI=1S/C15H22BrNO/c1-3-17(8-4-7-16)11-14-10-13-9-12(2)5-6-15(13)18-14/h5-6,9,14H,3-4,7-8,10-11H2,1-2H3. The normalized spacial score (nSPS) is 17.9. The van der Waals surface area contributed by atoms with Gasteiger partial charge in [-0.05, 0) is 38.1 Å². The van der Waals surface area contributed by atoms with Gasteiger partial charge in [-0.2, -0.15) is 0 Å². The molecule has 1 unspecified atom stereocenters. The molecule has 2 nitrogen and oxygen atoms in total. The second-order valence-electron chi connectivity index (χ2n) is 4.99. The topological polar surface area (TPSA) is 12.5 Å². The van der Waals surface area contributed by atoms with Crippen molar-refractivity contribution in [1.29, 1.82) is 0 Å². The first-order valence-electron chi connectivity index (χ1n) is 6.77. The Morgan fingerprint density at radius 1 is 1.44 bits per heavy atom. The van der Waals surface area contributed by atoms with Gasteiger partial charge < -0.3 is 4.74 Å². The summed E-state index contributed by atoms with van der Waals surface area (Å²) in [6.45, 7) is 7.65. The van der Waals surface area contributed by atoms with Crippen LogP contribution < -0.4 is 4.74 Å². The van der Waals surface area contributed by atoms with Crippen LogP contribution in [0.2, 0.25) is 0 Å². The lowest BCUT2D eigenvalue weighted by molar-refractivity contribution is 0.155. The van der Waals surface area contributed by atoms with Gasteiger partial charge in [0.25, 0.3) is 0 Å². The number of ether oxygens (including phenoxy) is 1. The van der Waals surface area contributed by atoms with Crippen molar-refractivity contribution in [3.05, 3.63) is 29.3 Å². The summed E-state index contributed by atoms with van der Waals surface area (Å²) in [5.41, 5.74) is 2.70. The molecule has 3 heteroatoms. The summed E-state index contributed by atoms with van der Waals surface area (Å²) in [7, 11) is 0.